The highest BCUT2D eigenvalue weighted by atomic mass is 16.5. The summed E-state index contributed by atoms with van der Waals surface area (Å²) in [5, 5.41) is 6.91. The summed E-state index contributed by atoms with van der Waals surface area (Å²) in [6.07, 6.45) is 1.09. The van der Waals surface area contributed by atoms with E-state index in [-0.39, 0.29) is 22.7 Å². The minimum Gasteiger partial charge on any atom is -0.493 e. The smallest absolute Gasteiger partial charge is 0.339 e. The van der Waals surface area contributed by atoms with Crippen LogP contribution in [0.15, 0.2) is 47.0 Å². The first-order valence-corrected chi connectivity index (χ1v) is 10.7. The third kappa shape index (κ3) is 4.42. The molecule has 1 aliphatic rings. The predicted molar refractivity (Wildman–Crippen MR) is 124 cm³/mol. The Hall–Kier alpha value is -4.34. The Morgan fingerprint density at radius 3 is 2.23 bits per heavy atom. The van der Waals surface area contributed by atoms with Gasteiger partial charge in [0.25, 0.3) is 0 Å². The van der Waals surface area contributed by atoms with Crippen LogP contribution >= 0.6 is 0 Å². The number of carbonyl (C=O) groups excluding carboxylic acids is 3. The topological polar surface area (TPSA) is 126 Å². The number of methoxy groups -OCH3 is 4. The van der Waals surface area contributed by atoms with Crippen molar-refractivity contribution in [3.05, 3.63) is 59.3 Å². The van der Waals surface area contributed by atoms with Gasteiger partial charge in [-0.25, -0.2) is 9.59 Å². The van der Waals surface area contributed by atoms with Gasteiger partial charge in [-0.2, -0.15) is 0 Å². The summed E-state index contributed by atoms with van der Waals surface area (Å²) in [5.41, 5.74) is 0.667. The Balaban J connectivity index is 1.62. The maximum atomic E-state index is 13.3. The number of benzene rings is 2. The lowest BCUT2D eigenvalue weighted by molar-refractivity contribution is -0.118. The Bertz CT molecular complexity index is 1290. The zero-order chi connectivity index (χ0) is 25.2. The molecular weight excluding hydrogens is 456 g/mol. The quantitative estimate of drug-likeness (QED) is 0.481. The fraction of sp³-hybridized carbons (Fsp3) is 0.280. The van der Waals surface area contributed by atoms with E-state index >= 15 is 0 Å². The average molecular weight is 480 g/mol. The number of hydrogen-bond acceptors (Lipinski definition) is 9. The van der Waals surface area contributed by atoms with Crippen LogP contribution < -0.4 is 14.8 Å². The zero-order valence-electron chi connectivity index (χ0n) is 19.7. The summed E-state index contributed by atoms with van der Waals surface area (Å²) < 4.78 is 25.7. The summed E-state index contributed by atoms with van der Waals surface area (Å²) in [6, 6.07) is 11.2. The van der Waals surface area contributed by atoms with Crippen molar-refractivity contribution >= 4 is 23.5 Å². The van der Waals surface area contributed by atoms with E-state index in [1.807, 2.05) is 0 Å². The third-order valence-corrected chi connectivity index (χ3v) is 5.95. The Morgan fingerprint density at radius 2 is 1.60 bits per heavy atom. The Morgan fingerprint density at radius 1 is 0.886 bits per heavy atom. The molecule has 35 heavy (non-hydrogen) atoms. The van der Waals surface area contributed by atoms with Crippen LogP contribution in [0, 0.1) is 0 Å². The fourth-order valence-corrected chi connectivity index (χ4v) is 3.77. The molecule has 0 spiro atoms. The van der Waals surface area contributed by atoms with Gasteiger partial charge >= 0.3 is 11.9 Å². The molecule has 1 amide bonds. The molecule has 182 valence electrons. The molecule has 1 aliphatic carbocycles. The largest absolute Gasteiger partial charge is 0.493 e. The number of ether oxygens (including phenoxy) is 4. The second-order valence-corrected chi connectivity index (χ2v) is 7.93. The van der Waals surface area contributed by atoms with Crippen molar-refractivity contribution in [1.29, 1.82) is 0 Å². The highest BCUT2D eigenvalue weighted by molar-refractivity contribution is 6.07. The summed E-state index contributed by atoms with van der Waals surface area (Å²) >= 11 is 0. The highest BCUT2D eigenvalue weighted by Gasteiger charge is 2.54. The summed E-state index contributed by atoms with van der Waals surface area (Å²) in [6.45, 7) is 0. The van der Waals surface area contributed by atoms with Crippen LogP contribution in [0.3, 0.4) is 0 Å². The van der Waals surface area contributed by atoms with Gasteiger partial charge in [0.1, 0.15) is 0 Å². The molecule has 0 bridgehead atoms. The van der Waals surface area contributed by atoms with Crippen molar-refractivity contribution in [1.82, 2.24) is 5.16 Å². The van der Waals surface area contributed by atoms with Gasteiger partial charge in [0.2, 0.25) is 5.91 Å². The molecule has 10 heteroatoms. The van der Waals surface area contributed by atoms with E-state index in [2.05, 4.69) is 10.5 Å². The van der Waals surface area contributed by atoms with E-state index in [1.54, 1.807) is 31.4 Å². The second-order valence-electron chi connectivity index (χ2n) is 7.93. The molecule has 0 aliphatic heterocycles. The van der Waals surface area contributed by atoms with Gasteiger partial charge in [0, 0.05) is 11.6 Å². The first-order chi connectivity index (χ1) is 16.9. The van der Waals surface area contributed by atoms with Crippen molar-refractivity contribution in [3.8, 4) is 22.8 Å². The van der Waals surface area contributed by atoms with Crippen molar-refractivity contribution in [2.45, 2.75) is 18.3 Å². The summed E-state index contributed by atoms with van der Waals surface area (Å²) in [5.74, 6) is -0.0695. The first kappa shape index (κ1) is 23.8. The maximum Gasteiger partial charge on any atom is 0.339 e. The lowest BCUT2D eigenvalue weighted by Gasteiger charge is -2.15. The molecule has 0 radical (unpaired) electrons. The lowest BCUT2D eigenvalue weighted by Crippen LogP contribution is -2.29. The van der Waals surface area contributed by atoms with E-state index in [4.69, 9.17) is 23.5 Å². The molecule has 1 saturated carbocycles. The molecule has 2 aromatic carbocycles. The fourth-order valence-electron chi connectivity index (χ4n) is 3.77. The molecule has 1 N–H and O–H groups in total. The SMILES string of the molecule is COC(=O)c1ccc(C(=O)OC)c(NC(=O)C2(c3cc(-c4ccc(OC)c(OC)c4)on3)CC2)c1. The molecule has 10 nitrogen and oxygen atoms in total. The van der Waals surface area contributed by atoms with E-state index < -0.39 is 17.4 Å². The van der Waals surface area contributed by atoms with Gasteiger partial charge in [-0.3, -0.25) is 4.79 Å². The lowest BCUT2D eigenvalue weighted by atomic mass is 9.99. The number of aromatic nitrogens is 1. The molecule has 1 fully saturated rings. The monoisotopic (exact) mass is 480 g/mol. The van der Waals surface area contributed by atoms with Crippen LogP contribution in [0.25, 0.3) is 11.3 Å². The van der Waals surface area contributed by atoms with Crippen LogP contribution in [0.2, 0.25) is 0 Å². The van der Waals surface area contributed by atoms with Crippen LogP contribution in [-0.4, -0.2) is 51.4 Å². The van der Waals surface area contributed by atoms with Crippen molar-refractivity contribution in [2.24, 2.45) is 0 Å². The third-order valence-electron chi connectivity index (χ3n) is 5.95. The van der Waals surface area contributed by atoms with Crippen molar-refractivity contribution < 1.29 is 37.9 Å². The zero-order valence-corrected chi connectivity index (χ0v) is 19.7. The number of nitrogens with one attached hydrogen (secondary N) is 1. The average Bonchev–Trinajstić information content (AvgIpc) is 3.56. The van der Waals surface area contributed by atoms with E-state index in [0.717, 1.165) is 0 Å². The molecule has 0 unspecified atom stereocenters. The van der Waals surface area contributed by atoms with Crippen LogP contribution in [0.1, 0.15) is 39.3 Å². The summed E-state index contributed by atoms with van der Waals surface area (Å²) in [7, 11) is 5.56. The van der Waals surface area contributed by atoms with E-state index in [9.17, 15) is 14.4 Å². The normalized spacial score (nSPS) is 13.5. The number of carbonyl (C=O) groups is 3. The van der Waals surface area contributed by atoms with Gasteiger partial charge in [0.05, 0.1) is 56.4 Å². The number of anilines is 1. The number of esters is 2. The molecule has 1 aromatic heterocycles. The Labute approximate surface area is 201 Å². The van der Waals surface area contributed by atoms with Crippen LogP contribution in [-0.2, 0) is 19.7 Å². The Kier molecular flexibility index (Phi) is 6.46. The molecule has 4 rings (SSSR count). The highest BCUT2D eigenvalue weighted by Crippen LogP contribution is 2.49. The standard InChI is InChI=1S/C25H24N2O8/c1-31-18-8-6-14(12-20(18)32-2)19-13-21(27-35-19)25(9-10-25)24(30)26-17-11-15(22(28)33-3)5-7-16(17)23(29)34-4/h5-8,11-13H,9-10H2,1-4H3,(H,26,30). The van der Waals surface area contributed by atoms with Crippen LogP contribution in [0.5, 0.6) is 11.5 Å². The minimum atomic E-state index is -0.924. The molecule has 0 saturated heterocycles. The van der Waals surface area contributed by atoms with Gasteiger partial charge in [-0.05, 0) is 49.2 Å². The number of amides is 1. The van der Waals surface area contributed by atoms with Crippen molar-refractivity contribution in [3.63, 3.8) is 0 Å². The van der Waals surface area contributed by atoms with Crippen LogP contribution in [0.4, 0.5) is 5.69 Å². The number of nitrogens with zero attached hydrogens (tertiary/aromatic N) is 1. The summed E-state index contributed by atoms with van der Waals surface area (Å²) in [4.78, 5) is 37.5. The first-order valence-electron chi connectivity index (χ1n) is 10.7. The van der Waals surface area contributed by atoms with E-state index in [0.29, 0.717) is 41.4 Å². The predicted octanol–water partition coefficient (Wildman–Crippen LogP) is 3.60. The van der Waals surface area contributed by atoms with Gasteiger partial charge in [-0.15, -0.1) is 0 Å². The van der Waals surface area contributed by atoms with Gasteiger partial charge < -0.3 is 28.8 Å². The van der Waals surface area contributed by atoms with Gasteiger partial charge in [0.15, 0.2) is 17.3 Å². The molecular formula is C25H24N2O8. The minimum absolute atomic E-state index is 0.107. The van der Waals surface area contributed by atoms with E-state index in [1.165, 1.54) is 39.5 Å². The van der Waals surface area contributed by atoms with Crippen molar-refractivity contribution in [2.75, 3.05) is 33.8 Å². The second kappa shape index (κ2) is 9.49. The molecule has 3 aromatic rings. The number of rotatable bonds is 8. The van der Waals surface area contributed by atoms with Gasteiger partial charge in [-0.1, -0.05) is 5.16 Å². The maximum absolute atomic E-state index is 13.3. The number of hydrogen-bond donors (Lipinski definition) is 1. The molecule has 1 heterocycles. The molecule has 0 atom stereocenters.